The largest absolute Gasteiger partial charge is 0.573 e. The van der Waals surface area contributed by atoms with E-state index in [0.717, 1.165) is 35.0 Å². The Morgan fingerprint density at radius 3 is 2.47 bits per heavy atom. The smallest absolute Gasteiger partial charge is 0.406 e. The lowest BCUT2D eigenvalue weighted by Gasteiger charge is -2.22. The third-order valence-corrected chi connectivity index (χ3v) is 7.66. The van der Waals surface area contributed by atoms with Crippen LogP contribution in [0.25, 0.3) is 17.1 Å². The zero-order valence-electron chi connectivity index (χ0n) is 24.5. The summed E-state index contributed by atoms with van der Waals surface area (Å²) in [5, 5.41) is 7.25. The highest BCUT2D eigenvalue weighted by molar-refractivity contribution is 8.15. The lowest BCUT2D eigenvalue weighted by Crippen LogP contribution is -2.31. The zero-order valence-corrected chi connectivity index (χ0v) is 25.4. The average molecular weight is 637 g/mol. The highest BCUT2D eigenvalue weighted by atomic mass is 32.2. The van der Waals surface area contributed by atoms with Crippen LogP contribution in [0.4, 0.5) is 29.3 Å². The maximum atomic E-state index is 13.1. The molecule has 2 heterocycles. The van der Waals surface area contributed by atoms with Crippen molar-refractivity contribution in [3.05, 3.63) is 83.7 Å². The van der Waals surface area contributed by atoms with Crippen molar-refractivity contribution in [1.82, 2.24) is 14.8 Å². The van der Waals surface area contributed by atoms with Crippen LogP contribution in [0.15, 0.2) is 72.0 Å². The molecule has 3 aromatic carbocycles. The standard InChI is InChI=1S/C31H27F3N6O4S/c1-17(2)23-11-5-18(3)13-26(23)40-27(42)15-45-30(40)37-29(43)36-25-12-6-20(14-24(25)19(4)41)28-35-16-39(38-28)21-7-9-22(10-8-21)44-31(32,33)34/h5-14,16-17H,15H2,1-4H3,(H,36,43). The number of benzene rings is 3. The molecule has 232 valence electrons. The summed E-state index contributed by atoms with van der Waals surface area (Å²) >= 11 is 1.16. The van der Waals surface area contributed by atoms with E-state index in [1.54, 1.807) is 6.07 Å². The predicted octanol–water partition coefficient (Wildman–Crippen LogP) is 7.14. The number of hydrogen-bond donors (Lipinski definition) is 1. The van der Waals surface area contributed by atoms with E-state index in [2.05, 4.69) is 25.1 Å². The highest BCUT2D eigenvalue weighted by Crippen LogP contribution is 2.34. The van der Waals surface area contributed by atoms with Crippen LogP contribution in [0.1, 0.15) is 48.2 Å². The molecule has 1 N–H and O–H groups in total. The maximum Gasteiger partial charge on any atom is 0.573 e. The van der Waals surface area contributed by atoms with Crippen LogP contribution in [-0.4, -0.2) is 49.8 Å². The normalized spacial score (nSPS) is 14.4. The van der Waals surface area contributed by atoms with Gasteiger partial charge in [-0.05, 0) is 79.4 Å². The number of aryl methyl sites for hydroxylation is 1. The van der Waals surface area contributed by atoms with Crippen LogP contribution >= 0.6 is 11.8 Å². The first kappa shape index (κ1) is 31.4. The molecule has 0 bridgehead atoms. The number of rotatable bonds is 7. The minimum atomic E-state index is -4.80. The quantitative estimate of drug-likeness (QED) is 0.214. The first-order valence-corrected chi connectivity index (χ1v) is 14.7. The van der Waals surface area contributed by atoms with E-state index >= 15 is 0 Å². The molecular formula is C31H27F3N6O4S. The van der Waals surface area contributed by atoms with Crippen LogP contribution in [0, 0.1) is 6.92 Å². The number of aromatic nitrogens is 3. The van der Waals surface area contributed by atoms with Gasteiger partial charge >= 0.3 is 12.4 Å². The number of aliphatic imine (C=N–C) groups is 1. The fraction of sp³-hybridized carbons (Fsp3) is 0.226. The summed E-state index contributed by atoms with van der Waals surface area (Å²) in [6.45, 7) is 7.31. The second-order valence-corrected chi connectivity index (χ2v) is 11.4. The van der Waals surface area contributed by atoms with Crippen LogP contribution < -0.4 is 15.0 Å². The van der Waals surface area contributed by atoms with Gasteiger partial charge in [-0.1, -0.05) is 37.7 Å². The molecule has 0 atom stereocenters. The van der Waals surface area contributed by atoms with Gasteiger partial charge in [0.15, 0.2) is 16.8 Å². The van der Waals surface area contributed by atoms with Gasteiger partial charge in [-0.25, -0.2) is 14.5 Å². The van der Waals surface area contributed by atoms with Gasteiger partial charge in [-0.15, -0.1) is 18.3 Å². The van der Waals surface area contributed by atoms with Crippen LogP contribution in [0.2, 0.25) is 0 Å². The maximum absolute atomic E-state index is 13.1. The van der Waals surface area contributed by atoms with Gasteiger partial charge in [-0.3, -0.25) is 14.5 Å². The lowest BCUT2D eigenvalue weighted by atomic mass is 9.99. The fourth-order valence-corrected chi connectivity index (χ4v) is 5.51. The molecule has 1 saturated heterocycles. The molecule has 1 aromatic heterocycles. The molecule has 1 aliphatic rings. The molecule has 0 aliphatic carbocycles. The topological polar surface area (TPSA) is 119 Å². The molecule has 1 fully saturated rings. The summed E-state index contributed by atoms with van der Waals surface area (Å²) in [5.41, 5.74) is 3.87. The van der Waals surface area contributed by atoms with E-state index in [1.807, 2.05) is 39.0 Å². The van der Waals surface area contributed by atoms with E-state index in [4.69, 9.17) is 0 Å². The third-order valence-electron chi connectivity index (χ3n) is 6.74. The molecular weight excluding hydrogens is 609 g/mol. The summed E-state index contributed by atoms with van der Waals surface area (Å²) < 4.78 is 42.6. The lowest BCUT2D eigenvalue weighted by molar-refractivity contribution is -0.274. The number of nitrogens with one attached hydrogen (secondary N) is 1. The van der Waals surface area contributed by atoms with Gasteiger partial charge in [0.1, 0.15) is 12.1 Å². The van der Waals surface area contributed by atoms with Gasteiger partial charge in [0, 0.05) is 11.1 Å². The monoisotopic (exact) mass is 636 g/mol. The molecule has 1 aliphatic heterocycles. The Bertz CT molecular complexity index is 1820. The molecule has 3 amide bonds. The van der Waals surface area contributed by atoms with E-state index in [1.165, 1.54) is 47.1 Å². The fourth-order valence-electron chi connectivity index (χ4n) is 4.65. The van der Waals surface area contributed by atoms with Crippen molar-refractivity contribution in [2.45, 2.75) is 40.0 Å². The molecule has 0 unspecified atom stereocenters. The van der Waals surface area contributed by atoms with Crippen molar-refractivity contribution < 1.29 is 32.3 Å². The van der Waals surface area contributed by atoms with Crippen molar-refractivity contribution in [3.63, 3.8) is 0 Å². The molecule has 14 heteroatoms. The number of thioether (sulfide) groups is 1. The Kier molecular flexibility index (Phi) is 8.77. The number of hydrogen-bond acceptors (Lipinski definition) is 7. The number of amides is 3. The van der Waals surface area contributed by atoms with Crippen molar-refractivity contribution in [1.29, 1.82) is 0 Å². The molecule has 45 heavy (non-hydrogen) atoms. The molecule has 5 rings (SSSR count). The van der Waals surface area contributed by atoms with Crippen molar-refractivity contribution in [2.75, 3.05) is 16.0 Å². The number of ether oxygens (including phenoxy) is 1. The summed E-state index contributed by atoms with van der Waals surface area (Å²) in [6, 6.07) is 14.8. The number of halogens is 3. The minimum Gasteiger partial charge on any atom is -0.406 e. The number of Topliss-reactive ketones (excluding diaryl/α,β-unsaturated/α-hetero) is 1. The number of carbonyl (C=O) groups excluding carboxylic acids is 3. The van der Waals surface area contributed by atoms with Gasteiger partial charge in [0.2, 0.25) is 5.91 Å². The number of anilines is 2. The Hall–Kier alpha value is -4.98. The Morgan fingerprint density at radius 2 is 1.80 bits per heavy atom. The van der Waals surface area contributed by atoms with Crippen LogP contribution in [0.3, 0.4) is 0 Å². The van der Waals surface area contributed by atoms with Crippen molar-refractivity contribution in [3.8, 4) is 22.8 Å². The summed E-state index contributed by atoms with van der Waals surface area (Å²) in [7, 11) is 0. The Balaban J connectivity index is 1.37. The van der Waals surface area contributed by atoms with Crippen LogP contribution in [-0.2, 0) is 4.79 Å². The van der Waals surface area contributed by atoms with E-state index < -0.39 is 12.4 Å². The Morgan fingerprint density at radius 1 is 1.07 bits per heavy atom. The Labute approximate surface area is 260 Å². The third kappa shape index (κ3) is 7.23. The summed E-state index contributed by atoms with van der Waals surface area (Å²) in [5.74, 6) is -0.400. The first-order valence-electron chi connectivity index (χ1n) is 13.7. The second kappa shape index (κ2) is 12.6. The van der Waals surface area contributed by atoms with Crippen molar-refractivity contribution in [2.24, 2.45) is 4.99 Å². The molecule has 0 radical (unpaired) electrons. The van der Waals surface area contributed by atoms with Crippen LogP contribution in [0.5, 0.6) is 5.75 Å². The highest BCUT2D eigenvalue weighted by Gasteiger charge is 2.33. The number of amidine groups is 1. The first-order chi connectivity index (χ1) is 21.3. The van der Waals surface area contributed by atoms with Gasteiger partial charge in [0.25, 0.3) is 0 Å². The number of nitrogens with zero attached hydrogens (tertiary/aromatic N) is 5. The van der Waals surface area contributed by atoms with E-state index in [0.29, 0.717) is 16.9 Å². The van der Waals surface area contributed by atoms with E-state index in [-0.39, 0.29) is 51.4 Å². The van der Waals surface area contributed by atoms with Crippen molar-refractivity contribution >= 4 is 46.0 Å². The number of alkyl halides is 3. The second-order valence-electron chi connectivity index (χ2n) is 10.4. The van der Waals surface area contributed by atoms with Gasteiger partial charge < -0.3 is 10.1 Å². The van der Waals surface area contributed by atoms with Gasteiger partial charge in [-0.2, -0.15) is 4.99 Å². The SMILES string of the molecule is CC(=O)c1cc(-c2ncn(-c3ccc(OC(F)(F)F)cc3)n2)ccc1NC(=O)N=C1SCC(=O)N1c1cc(C)ccc1C(C)C. The molecule has 4 aromatic rings. The number of urea groups is 1. The molecule has 10 nitrogen and oxygen atoms in total. The number of carbonyl (C=O) groups is 3. The van der Waals surface area contributed by atoms with E-state index in [9.17, 15) is 27.6 Å². The summed E-state index contributed by atoms with van der Waals surface area (Å²) in [4.78, 5) is 48.4. The number of ketones is 1. The average Bonchev–Trinajstić information content (AvgIpc) is 3.59. The zero-order chi connectivity index (χ0) is 32.5. The van der Waals surface area contributed by atoms with Gasteiger partial charge in [0.05, 0.1) is 22.8 Å². The molecule has 0 saturated carbocycles. The minimum absolute atomic E-state index is 0.130. The predicted molar refractivity (Wildman–Crippen MR) is 165 cm³/mol. The summed E-state index contributed by atoms with van der Waals surface area (Å²) in [6.07, 6.45) is -3.43. The molecule has 0 spiro atoms.